The molecule has 1 aliphatic rings. The van der Waals surface area contributed by atoms with Crippen molar-refractivity contribution in [1.82, 2.24) is 9.29 Å². The fourth-order valence-corrected chi connectivity index (χ4v) is 5.73. The summed E-state index contributed by atoms with van der Waals surface area (Å²) in [6.07, 6.45) is 1.56. The lowest BCUT2D eigenvalue weighted by Gasteiger charge is -2.38. The predicted molar refractivity (Wildman–Crippen MR) is 113 cm³/mol. The van der Waals surface area contributed by atoms with Crippen LogP contribution >= 0.6 is 0 Å². The number of carbonyl (C=O) groups is 1. The normalized spacial score (nSPS) is 19.0. The van der Waals surface area contributed by atoms with Gasteiger partial charge in [0.05, 0.1) is 23.0 Å². The van der Waals surface area contributed by atoms with Crippen molar-refractivity contribution < 1.29 is 22.9 Å². The van der Waals surface area contributed by atoms with Crippen LogP contribution in [-0.4, -0.2) is 41.8 Å². The summed E-state index contributed by atoms with van der Waals surface area (Å²) in [6, 6.07) is 10.0. The minimum Gasteiger partial charge on any atom is -0.468 e. The number of para-hydroxylation sites is 1. The van der Waals surface area contributed by atoms with Gasteiger partial charge in [0.15, 0.2) is 0 Å². The first kappa shape index (κ1) is 20.8. The Balaban J connectivity index is 1.89. The summed E-state index contributed by atoms with van der Waals surface area (Å²) >= 11 is 0. The molecule has 0 radical (unpaired) electrons. The van der Waals surface area contributed by atoms with E-state index in [0.717, 1.165) is 45.0 Å². The van der Waals surface area contributed by atoms with Crippen molar-refractivity contribution in [2.75, 3.05) is 7.11 Å². The van der Waals surface area contributed by atoms with Crippen LogP contribution in [-0.2, 0) is 26.0 Å². The molecule has 0 saturated carbocycles. The molecule has 4 rings (SSSR count). The highest BCUT2D eigenvalue weighted by molar-refractivity contribution is 7.89. The first-order valence-corrected chi connectivity index (χ1v) is 10.8. The molecule has 160 valence electrons. The lowest BCUT2D eigenvalue weighted by atomic mass is 9.94. The predicted octanol–water partition coefficient (Wildman–Crippen LogP) is 3.09. The van der Waals surface area contributed by atoms with E-state index in [0.29, 0.717) is 5.69 Å². The zero-order valence-corrected chi connectivity index (χ0v) is 17.3. The number of rotatable bonds is 5. The second kappa shape index (κ2) is 7.64. The number of esters is 1. The van der Waals surface area contributed by atoms with Gasteiger partial charge in [-0.2, -0.15) is 4.31 Å². The second-order valence-electron chi connectivity index (χ2n) is 7.07. The lowest BCUT2D eigenvalue weighted by molar-refractivity contribution is -0.384. The van der Waals surface area contributed by atoms with Gasteiger partial charge in [-0.1, -0.05) is 24.3 Å². The van der Waals surface area contributed by atoms with E-state index in [1.807, 2.05) is 24.3 Å². The monoisotopic (exact) mass is 441 g/mol. The number of sulfonamides is 1. The van der Waals surface area contributed by atoms with E-state index >= 15 is 0 Å². The summed E-state index contributed by atoms with van der Waals surface area (Å²) in [7, 11) is -3.03. The average Bonchev–Trinajstić information content (AvgIpc) is 3.15. The number of carbonyl (C=O) groups excluding carboxylic acids is 1. The number of nitro benzene ring substituents is 1. The molecule has 0 spiro atoms. The number of aromatic amines is 1. The third-order valence-electron chi connectivity index (χ3n) is 5.44. The molecule has 1 unspecified atom stereocenters. The van der Waals surface area contributed by atoms with Crippen LogP contribution in [0.15, 0.2) is 66.1 Å². The minimum absolute atomic E-state index is 0.114. The van der Waals surface area contributed by atoms with Crippen molar-refractivity contribution in [2.24, 2.45) is 0 Å². The minimum atomic E-state index is -4.23. The number of fused-ring (bicyclic) bond motifs is 3. The van der Waals surface area contributed by atoms with Gasteiger partial charge in [-0.25, -0.2) is 8.42 Å². The highest BCUT2D eigenvalue weighted by Crippen LogP contribution is 2.41. The molecular formula is C21H19N3O6S. The molecule has 0 aliphatic carbocycles. The van der Waals surface area contributed by atoms with Gasteiger partial charge < -0.3 is 9.72 Å². The van der Waals surface area contributed by atoms with Crippen LogP contribution < -0.4 is 0 Å². The fraction of sp³-hybridized carbons (Fsp3) is 0.190. The van der Waals surface area contributed by atoms with Crippen molar-refractivity contribution in [2.45, 2.75) is 23.4 Å². The van der Waals surface area contributed by atoms with Gasteiger partial charge in [-0.15, -0.1) is 6.58 Å². The van der Waals surface area contributed by atoms with Crippen molar-refractivity contribution in [1.29, 1.82) is 0 Å². The third-order valence-corrected chi connectivity index (χ3v) is 7.35. The number of nitrogens with one attached hydrogen (secondary N) is 1. The van der Waals surface area contributed by atoms with Crippen molar-refractivity contribution in [3.63, 3.8) is 0 Å². The van der Waals surface area contributed by atoms with Gasteiger partial charge in [0.1, 0.15) is 6.04 Å². The molecule has 0 fully saturated rings. The van der Waals surface area contributed by atoms with Crippen LogP contribution in [0.25, 0.3) is 10.9 Å². The van der Waals surface area contributed by atoms with Gasteiger partial charge in [0.2, 0.25) is 10.0 Å². The number of aromatic nitrogens is 1. The molecule has 2 aromatic carbocycles. The largest absolute Gasteiger partial charge is 0.468 e. The van der Waals surface area contributed by atoms with E-state index < -0.39 is 33.0 Å². The molecule has 0 bridgehead atoms. The molecule has 2 atom stereocenters. The number of methoxy groups -OCH3 is 1. The van der Waals surface area contributed by atoms with Gasteiger partial charge in [0.25, 0.3) is 5.69 Å². The summed E-state index contributed by atoms with van der Waals surface area (Å²) in [6.45, 7) is 3.80. The summed E-state index contributed by atoms with van der Waals surface area (Å²) in [5.41, 5.74) is 2.03. The Morgan fingerprint density at radius 2 is 1.94 bits per heavy atom. The number of non-ortho nitro benzene ring substituents is 1. The average molecular weight is 441 g/mol. The molecule has 1 aromatic heterocycles. The van der Waals surface area contributed by atoms with E-state index in [9.17, 15) is 23.3 Å². The van der Waals surface area contributed by atoms with E-state index in [1.54, 1.807) is 0 Å². The van der Waals surface area contributed by atoms with Crippen LogP contribution in [0.2, 0.25) is 0 Å². The Bertz CT molecular complexity index is 1300. The molecule has 3 aromatic rings. The number of benzene rings is 2. The lowest BCUT2D eigenvalue weighted by Crippen LogP contribution is -2.51. The smallest absolute Gasteiger partial charge is 0.324 e. The molecule has 1 aliphatic heterocycles. The van der Waals surface area contributed by atoms with Crippen molar-refractivity contribution >= 4 is 32.6 Å². The Kier molecular flexibility index (Phi) is 5.11. The number of hydrogen-bond donors (Lipinski definition) is 1. The third kappa shape index (κ3) is 3.29. The molecule has 2 heterocycles. The molecule has 9 nitrogen and oxygen atoms in total. The molecule has 0 saturated heterocycles. The maximum Gasteiger partial charge on any atom is 0.324 e. The molecule has 1 N–H and O–H groups in total. The van der Waals surface area contributed by atoms with E-state index in [4.69, 9.17) is 4.74 Å². The Morgan fingerprint density at radius 1 is 1.26 bits per heavy atom. The number of nitrogens with zero attached hydrogens (tertiary/aromatic N) is 2. The molecule has 0 amide bonds. The first-order valence-electron chi connectivity index (χ1n) is 9.37. The first-order chi connectivity index (χ1) is 14.8. The summed E-state index contributed by atoms with van der Waals surface area (Å²) < 4.78 is 33.1. The molecule has 10 heteroatoms. The van der Waals surface area contributed by atoms with Gasteiger partial charge >= 0.3 is 5.97 Å². The zero-order chi connectivity index (χ0) is 22.3. The topological polar surface area (TPSA) is 123 Å². The number of ether oxygens (including phenoxy) is 1. The van der Waals surface area contributed by atoms with Gasteiger partial charge in [0, 0.05) is 35.2 Å². The van der Waals surface area contributed by atoms with Crippen LogP contribution in [0.4, 0.5) is 5.69 Å². The number of H-pyrrole nitrogens is 1. The zero-order valence-electron chi connectivity index (χ0n) is 16.5. The fourth-order valence-electron chi connectivity index (χ4n) is 4.02. The van der Waals surface area contributed by atoms with Crippen molar-refractivity contribution in [3.05, 3.63) is 82.6 Å². The maximum atomic E-state index is 13.6. The summed E-state index contributed by atoms with van der Waals surface area (Å²) in [4.78, 5) is 26.1. The second-order valence-corrected chi connectivity index (χ2v) is 8.92. The Morgan fingerprint density at radius 3 is 2.55 bits per heavy atom. The van der Waals surface area contributed by atoms with Gasteiger partial charge in [-0.3, -0.25) is 14.9 Å². The van der Waals surface area contributed by atoms with Crippen LogP contribution in [0.1, 0.15) is 17.3 Å². The quantitative estimate of drug-likeness (QED) is 0.281. The van der Waals surface area contributed by atoms with Crippen molar-refractivity contribution in [3.8, 4) is 0 Å². The number of hydrogen-bond acceptors (Lipinski definition) is 6. The van der Waals surface area contributed by atoms with Crippen LogP contribution in [0, 0.1) is 10.1 Å². The van der Waals surface area contributed by atoms with Gasteiger partial charge in [-0.05, 0) is 23.8 Å². The summed E-state index contributed by atoms with van der Waals surface area (Å²) in [5, 5.41) is 11.8. The Labute approximate surface area is 178 Å². The standard InChI is InChI=1S/C21H19N3O6S/c1-3-18-20-16(15-6-4-5-7-17(15)22-20)12-19(21(25)30-2)23(18)31(28,29)14-10-8-13(9-11-14)24(26)27/h3-11,18-19,22H,1,12H2,2H3/t18?,19-/m0/s1. The maximum absolute atomic E-state index is 13.6. The van der Waals surface area contributed by atoms with E-state index in [-0.39, 0.29) is 17.0 Å². The number of nitro groups is 1. The van der Waals surface area contributed by atoms with E-state index in [2.05, 4.69) is 11.6 Å². The Hall–Kier alpha value is -3.50. The van der Waals surface area contributed by atoms with Crippen LogP contribution in [0.5, 0.6) is 0 Å². The SMILES string of the molecule is C=CC1c2[nH]c3ccccc3c2C[C@@H](C(=O)OC)N1S(=O)(=O)c1ccc([N+](=O)[O-])cc1. The van der Waals surface area contributed by atoms with E-state index in [1.165, 1.54) is 13.2 Å². The molecule has 31 heavy (non-hydrogen) atoms. The molecular weight excluding hydrogens is 422 g/mol. The highest BCUT2D eigenvalue weighted by Gasteiger charge is 2.46. The van der Waals surface area contributed by atoms with Crippen LogP contribution in [0.3, 0.4) is 0 Å². The summed E-state index contributed by atoms with van der Waals surface area (Å²) in [5.74, 6) is -0.701. The highest BCUT2D eigenvalue weighted by atomic mass is 32.2.